The molecule has 128 valence electrons. The van der Waals surface area contributed by atoms with E-state index in [-0.39, 0.29) is 17.7 Å². The van der Waals surface area contributed by atoms with E-state index < -0.39 is 17.7 Å². The standard InChI is InChI=1S/C18H21F2N3O/c1-5-12(2)13(3)7-8-14(4)17(24)23-16(21)11-15-18(19,20)9-6-10-22-15/h1,7-8,11,22H,4,6,9-10H2,2-3H3,(H2,21,23,24)/b8-7-,13-12+,15-11-. The molecule has 1 fully saturated rings. The van der Waals surface area contributed by atoms with Crippen LogP contribution in [-0.2, 0) is 4.79 Å². The van der Waals surface area contributed by atoms with Gasteiger partial charge in [-0.15, -0.1) is 6.42 Å². The van der Waals surface area contributed by atoms with E-state index in [0.29, 0.717) is 13.0 Å². The SMILES string of the molecule is C#C/C(C)=C(C)/C=C\C(=C)C(=O)NC(=N)/C=C1\NCCCC1(F)F. The molecule has 24 heavy (non-hydrogen) atoms. The molecule has 1 rings (SSSR count). The first kappa shape index (κ1) is 19.4. The van der Waals surface area contributed by atoms with Crippen molar-refractivity contribution in [1.29, 1.82) is 5.41 Å². The van der Waals surface area contributed by atoms with Gasteiger partial charge >= 0.3 is 0 Å². The summed E-state index contributed by atoms with van der Waals surface area (Å²) in [6, 6.07) is 0. The summed E-state index contributed by atoms with van der Waals surface area (Å²) in [5, 5.41) is 12.4. The monoisotopic (exact) mass is 333 g/mol. The number of piperidine rings is 1. The maximum Gasteiger partial charge on any atom is 0.287 e. The van der Waals surface area contributed by atoms with Gasteiger partial charge in [0.05, 0.1) is 5.70 Å². The summed E-state index contributed by atoms with van der Waals surface area (Å²) in [4.78, 5) is 11.9. The van der Waals surface area contributed by atoms with Crippen LogP contribution in [0.25, 0.3) is 0 Å². The number of carbonyl (C=O) groups excluding carboxylic acids is 1. The number of amidine groups is 1. The molecule has 0 atom stereocenters. The summed E-state index contributed by atoms with van der Waals surface area (Å²) >= 11 is 0. The van der Waals surface area contributed by atoms with Crippen LogP contribution in [0.3, 0.4) is 0 Å². The van der Waals surface area contributed by atoms with Gasteiger partial charge in [-0.1, -0.05) is 18.6 Å². The molecule has 1 saturated heterocycles. The van der Waals surface area contributed by atoms with Gasteiger partial charge in [0.2, 0.25) is 0 Å². The van der Waals surface area contributed by atoms with Gasteiger partial charge in [-0.3, -0.25) is 10.2 Å². The number of rotatable bonds is 4. The molecular weight excluding hydrogens is 312 g/mol. The quantitative estimate of drug-likeness (QED) is 0.243. The van der Waals surface area contributed by atoms with E-state index in [4.69, 9.17) is 11.8 Å². The van der Waals surface area contributed by atoms with E-state index >= 15 is 0 Å². The lowest BCUT2D eigenvalue weighted by molar-refractivity contribution is -0.115. The van der Waals surface area contributed by atoms with Crippen LogP contribution >= 0.6 is 0 Å². The second-order valence-corrected chi connectivity index (χ2v) is 5.47. The van der Waals surface area contributed by atoms with Gasteiger partial charge in [0.25, 0.3) is 11.8 Å². The predicted molar refractivity (Wildman–Crippen MR) is 91.6 cm³/mol. The molecule has 0 unspecified atom stereocenters. The second-order valence-electron chi connectivity index (χ2n) is 5.47. The molecule has 6 heteroatoms. The molecule has 0 aliphatic carbocycles. The van der Waals surface area contributed by atoms with Crippen molar-refractivity contribution in [3.63, 3.8) is 0 Å². The smallest absolute Gasteiger partial charge is 0.287 e. The molecule has 0 aromatic rings. The van der Waals surface area contributed by atoms with Crippen molar-refractivity contribution < 1.29 is 13.6 Å². The average Bonchev–Trinajstić information content (AvgIpc) is 2.53. The molecule has 4 nitrogen and oxygen atoms in total. The number of hydrogen-bond acceptors (Lipinski definition) is 3. The number of hydrogen-bond donors (Lipinski definition) is 3. The zero-order chi connectivity index (χ0) is 18.3. The molecule has 1 heterocycles. The van der Waals surface area contributed by atoms with Crippen LogP contribution in [0.4, 0.5) is 8.78 Å². The topological polar surface area (TPSA) is 65.0 Å². The summed E-state index contributed by atoms with van der Waals surface area (Å²) < 4.78 is 27.3. The number of nitrogens with one attached hydrogen (secondary N) is 3. The van der Waals surface area contributed by atoms with Crippen LogP contribution in [0.15, 0.2) is 47.2 Å². The van der Waals surface area contributed by atoms with Crippen molar-refractivity contribution in [1.82, 2.24) is 10.6 Å². The van der Waals surface area contributed by atoms with E-state index in [1.165, 1.54) is 6.08 Å². The van der Waals surface area contributed by atoms with E-state index in [2.05, 4.69) is 23.1 Å². The lowest BCUT2D eigenvalue weighted by atomic mass is 10.0. The molecule has 0 aromatic heterocycles. The largest absolute Gasteiger partial charge is 0.383 e. The summed E-state index contributed by atoms with van der Waals surface area (Å²) in [5.74, 6) is -1.60. The highest BCUT2D eigenvalue weighted by Crippen LogP contribution is 2.30. The first-order chi connectivity index (χ1) is 11.2. The normalized spacial score (nSPS) is 19.2. The maximum absolute atomic E-state index is 13.7. The molecule has 0 spiro atoms. The Morgan fingerprint density at radius 2 is 2.12 bits per heavy atom. The number of terminal acetylenes is 1. The Hall–Kier alpha value is -2.68. The van der Waals surface area contributed by atoms with Gasteiger partial charge in [0.15, 0.2) is 0 Å². The second kappa shape index (κ2) is 8.25. The van der Waals surface area contributed by atoms with Gasteiger partial charge in [-0.05, 0) is 31.9 Å². The third kappa shape index (κ3) is 5.51. The van der Waals surface area contributed by atoms with E-state index in [9.17, 15) is 13.6 Å². The van der Waals surface area contributed by atoms with Crippen molar-refractivity contribution in [3.8, 4) is 12.3 Å². The van der Waals surface area contributed by atoms with Crippen molar-refractivity contribution in [3.05, 3.63) is 47.2 Å². The van der Waals surface area contributed by atoms with Gasteiger partial charge < -0.3 is 10.6 Å². The molecule has 0 saturated carbocycles. The predicted octanol–water partition coefficient (Wildman–Crippen LogP) is 3.06. The van der Waals surface area contributed by atoms with Gasteiger partial charge in [-0.25, -0.2) is 0 Å². The van der Waals surface area contributed by atoms with Crippen LogP contribution in [0, 0.1) is 17.8 Å². The number of amides is 1. The summed E-state index contributed by atoms with van der Waals surface area (Å²) in [6.45, 7) is 7.56. The molecule has 1 aliphatic rings. The van der Waals surface area contributed by atoms with Crippen LogP contribution < -0.4 is 10.6 Å². The number of carbonyl (C=O) groups is 1. The fourth-order valence-electron chi connectivity index (χ4n) is 1.88. The van der Waals surface area contributed by atoms with E-state index in [1.807, 2.05) is 0 Å². The first-order valence-electron chi connectivity index (χ1n) is 7.42. The first-order valence-corrected chi connectivity index (χ1v) is 7.42. The molecule has 0 bridgehead atoms. The Kier molecular flexibility index (Phi) is 6.66. The highest BCUT2D eigenvalue weighted by molar-refractivity contribution is 6.09. The molecule has 3 N–H and O–H groups in total. The van der Waals surface area contributed by atoms with Crippen molar-refractivity contribution >= 4 is 11.7 Å². The minimum Gasteiger partial charge on any atom is -0.383 e. The Labute approximate surface area is 140 Å². The van der Waals surface area contributed by atoms with Crippen molar-refractivity contribution in [2.24, 2.45) is 0 Å². The third-order valence-corrected chi connectivity index (χ3v) is 3.55. The minimum atomic E-state index is -3.01. The Morgan fingerprint density at radius 3 is 2.71 bits per heavy atom. The fourth-order valence-corrected chi connectivity index (χ4v) is 1.88. The van der Waals surface area contributed by atoms with E-state index in [0.717, 1.165) is 17.2 Å². The summed E-state index contributed by atoms with van der Waals surface area (Å²) in [7, 11) is 0. The minimum absolute atomic E-state index is 0.0886. The molecule has 1 aliphatic heterocycles. The van der Waals surface area contributed by atoms with Gasteiger partial charge in [-0.2, -0.15) is 8.78 Å². The fraction of sp³-hybridized carbons (Fsp3) is 0.333. The van der Waals surface area contributed by atoms with Gasteiger partial charge in [0.1, 0.15) is 5.84 Å². The lowest BCUT2D eigenvalue weighted by Gasteiger charge is -2.26. The average molecular weight is 333 g/mol. The summed E-state index contributed by atoms with van der Waals surface area (Å²) in [5.41, 5.74) is 1.26. The molecule has 0 radical (unpaired) electrons. The third-order valence-electron chi connectivity index (χ3n) is 3.55. The molecular formula is C18H21F2N3O. The Morgan fingerprint density at radius 1 is 1.46 bits per heavy atom. The van der Waals surface area contributed by atoms with Crippen LogP contribution in [-0.4, -0.2) is 24.2 Å². The number of halogens is 2. The zero-order valence-corrected chi connectivity index (χ0v) is 13.8. The lowest BCUT2D eigenvalue weighted by Crippen LogP contribution is -2.38. The van der Waals surface area contributed by atoms with Crippen LogP contribution in [0.2, 0.25) is 0 Å². The van der Waals surface area contributed by atoms with Crippen molar-refractivity contribution in [2.45, 2.75) is 32.6 Å². The number of allylic oxidation sites excluding steroid dienone is 4. The Bertz CT molecular complexity index is 679. The van der Waals surface area contributed by atoms with E-state index in [1.54, 1.807) is 19.9 Å². The molecule has 0 aromatic carbocycles. The van der Waals surface area contributed by atoms with Crippen LogP contribution in [0.5, 0.6) is 0 Å². The maximum atomic E-state index is 13.7. The van der Waals surface area contributed by atoms with Gasteiger partial charge in [0, 0.05) is 30.2 Å². The highest BCUT2D eigenvalue weighted by atomic mass is 19.3. The zero-order valence-electron chi connectivity index (χ0n) is 13.8. The summed E-state index contributed by atoms with van der Waals surface area (Å²) in [6.07, 6.45) is 9.38. The Balaban J connectivity index is 2.71. The molecule has 1 amide bonds. The highest BCUT2D eigenvalue weighted by Gasteiger charge is 2.36. The van der Waals surface area contributed by atoms with Crippen LogP contribution in [0.1, 0.15) is 26.7 Å². The number of alkyl halides is 2. The van der Waals surface area contributed by atoms with Crippen molar-refractivity contribution in [2.75, 3.05) is 6.54 Å².